The maximum absolute atomic E-state index is 13.8. The number of nitrogens with one attached hydrogen (secondary N) is 2. The maximum Gasteiger partial charge on any atom is 0.321 e. The van der Waals surface area contributed by atoms with Gasteiger partial charge in [0.1, 0.15) is 23.2 Å². The maximum atomic E-state index is 13.8. The van der Waals surface area contributed by atoms with Gasteiger partial charge in [0.2, 0.25) is 5.91 Å². The molecule has 12 nitrogen and oxygen atoms in total. The quantitative estimate of drug-likeness (QED) is 0.267. The molecule has 0 saturated heterocycles. The first kappa shape index (κ1) is 31.6. The zero-order valence-corrected chi connectivity index (χ0v) is 26.5. The van der Waals surface area contributed by atoms with Crippen LogP contribution in [0.25, 0.3) is 10.9 Å². The Morgan fingerprint density at radius 3 is 2.64 bits per heavy atom. The zero-order valence-electron chi connectivity index (χ0n) is 26.5. The fraction of sp³-hybridized carbons (Fsp3) is 0.394. The van der Waals surface area contributed by atoms with Crippen molar-refractivity contribution < 1.29 is 28.8 Å². The van der Waals surface area contributed by atoms with Crippen LogP contribution >= 0.6 is 0 Å². The van der Waals surface area contributed by atoms with Crippen LogP contribution in [0.5, 0.6) is 5.75 Å². The van der Waals surface area contributed by atoms with Crippen LogP contribution in [0.2, 0.25) is 0 Å². The molecule has 0 spiro atoms. The molecule has 12 heteroatoms. The monoisotopic (exact) mass is 616 g/mol. The molecule has 5 rings (SSSR count). The van der Waals surface area contributed by atoms with Crippen molar-refractivity contribution in [2.75, 3.05) is 37.4 Å². The second-order valence-corrected chi connectivity index (χ2v) is 11.9. The fourth-order valence-corrected chi connectivity index (χ4v) is 5.68. The average molecular weight is 617 g/mol. The number of ether oxygens (including phenoxy) is 1. The number of fused-ring (bicyclic) bond motifs is 2. The smallest absolute Gasteiger partial charge is 0.321 e. The number of carbonyl (C=O) groups is 3. The van der Waals surface area contributed by atoms with Gasteiger partial charge in [-0.2, -0.15) is 0 Å². The first-order chi connectivity index (χ1) is 21.5. The van der Waals surface area contributed by atoms with Crippen LogP contribution in [0, 0.1) is 19.8 Å². The van der Waals surface area contributed by atoms with Crippen molar-refractivity contribution in [2.45, 2.75) is 46.3 Å². The summed E-state index contributed by atoms with van der Waals surface area (Å²) in [5, 5.41) is 20.7. The Morgan fingerprint density at radius 2 is 1.93 bits per heavy atom. The number of aromatic nitrogens is 2. The summed E-state index contributed by atoms with van der Waals surface area (Å²) in [6.07, 6.45) is 1.62. The summed E-state index contributed by atoms with van der Waals surface area (Å²) in [7, 11) is 3.61. The number of likely N-dealkylation sites (N-methyl/N-ethyl adjacent to an activating group) is 1. The van der Waals surface area contributed by atoms with Gasteiger partial charge in [-0.1, -0.05) is 30.3 Å². The molecule has 4 amide bonds. The van der Waals surface area contributed by atoms with E-state index >= 15 is 0 Å². The molecule has 3 heterocycles. The molecule has 3 atom stereocenters. The lowest BCUT2D eigenvalue weighted by Crippen LogP contribution is -2.50. The number of aliphatic hydroxyl groups is 1. The highest BCUT2D eigenvalue weighted by Gasteiger charge is 2.34. The standard InChI is InChI=1S/C33H40N6O6/c1-19-15-39(20(2)18-40)32(42)26-14-24(34-30(41)13-23-16-37(5)27-10-8-7-9-25(23)27)11-12-28(26)44-29(19)17-38(6)33(43)35-31-21(3)36-45-22(31)4/h7-12,14,16,19-20,29,40H,13,15,17-18H2,1-6H3,(H,34,41)(H,35,43)/t19-,20-,29-/m1/s1. The molecule has 2 aromatic carbocycles. The zero-order chi connectivity index (χ0) is 32.4. The minimum atomic E-state index is -0.488. The van der Waals surface area contributed by atoms with E-state index in [9.17, 15) is 19.5 Å². The van der Waals surface area contributed by atoms with Crippen molar-refractivity contribution in [1.82, 2.24) is 19.5 Å². The Labute approximate surface area is 261 Å². The number of aliphatic hydroxyl groups excluding tert-OH is 1. The molecule has 3 N–H and O–H groups in total. The summed E-state index contributed by atoms with van der Waals surface area (Å²) in [6, 6.07) is 12.1. The summed E-state index contributed by atoms with van der Waals surface area (Å²) in [4.78, 5) is 43.1. The van der Waals surface area contributed by atoms with Crippen LogP contribution in [0.3, 0.4) is 0 Å². The minimum absolute atomic E-state index is 0.165. The van der Waals surface area contributed by atoms with Gasteiger partial charge in [-0.05, 0) is 50.6 Å². The summed E-state index contributed by atoms with van der Waals surface area (Å²) in [5.74, 6) is 0.115. The number of para-hydroxylation sites is 1. The summed E-state index contributed by atoms with van der Waals surface area (Å²) < 4.78 is 13.6. The van der Waals surface area contributed by atoms with Crippen LogP contribution in [0.1, 0.15) is 41.2 Å². The molecule has 0 fully saturated rings. The van der Waals surface area contributed by atoms with E-state index in [0.29, 0.717) is 35.1 Å². The number of hydrogen-bond acceptors (Lipinski definition) is 7. The Morgan fingerprint density at radius 1 is 1.18 bits per heavy atom. The predicted octanol–water partition coefficient (Wildman–Crippen LogP) is 4.35. The van der Waals surface area contributed by atoms with Gasteiger partial charge in [-0.15, -0.1) is 0 Å². The van der Waals surface area contributed by atoms with Crippen molar-refractivity contribution in [3.63, 3.8) is 0 Å². The molecule has 0 radical (unpaired) electrons. The number of aryl methyl sites for hydroxylation is 3. The molecule has 1 aliphatic heterocycles. The van der Waals surface area contributed by atoms with Gasteiger partial charge in [0.15, 0.2) is 5.76 Å². The van der Waals surface area contributed by atoms with Crippen molar-refractivity contribution in [3.8, 4) is 5.75 Å². The van der Waals surface area contributed by atoms with Crippen molar-refractivity contribution in [3.05, 3.63) is 71.2 Å². The topological polar surface area (TPSA) is 142 Å². The lowest BCUT2D eigenvalue weighted by atomic mass is 9.99. The molecule has 0 unspecified atom stereocenters. The number of anilines is 2. The first-order valence-corrected chi connectivity index (χ1v) is 15.0. The Bertz CT molecular complexity index is 1710. The van der Waals surface area contributed by atoms with Crippen LogP contribution in [-0.4, -0.2) is 81.4 Å². The van der Waals surface area contributed by atoms with E-state index in [-0.39, 0.29) is 48.9 Å². The second-order valence-electron chi connectivity index (χ2n) is 11.9. The summed E-state index contributed by atoms with van der Waals surface area (Å²) in [6.45, 7) is 7.48. The molecule has 0 saturated carbocycles. The molecular weight excluding hydrogens is 576 g/mol. The largest absolute Gasteiger partial charge is 0.487 e. The molecule has 4 aromatic rings. The normalized spacial score (nSPS) is 17.2. The molecule has 2 aromatic heterocycles. The second kappa shape index (κ2) is 13.0. The van der Waals surface area contributed by atoms with Crippen molar-refractivity contribution in [1.29, 1.82) is 0 Å². The number of carbonyl (C=O) groups excluding carboxylic acids is 3. The van der Waals surface area contributed by atoms with Crippen LogP contribution in [0.4, 0.5) is 16.2 Å². The Kier molecular flexibility index (Phi) is 9.14. The molecular formula is C33H40N6O6. The van der Waals surface area contributed by atoms with Crippen LogP contribution in [-0.2, 0) is 18.3 Å². The lowest BCUT2D eigenvalue weighted by molar-refractivity contribution is -0.115. The number of rotatable bonds is 8. The third-order valence-electron chi connectivity index (χ3n) is 8.34. The van der Waals surface area contributed by atoms with Gasteiger partial charge in [-0.25, -0.2) is 4.79 Å². The Balaban J connectivity index is 1.37. The number of nitrogens with zero attached hydrogens (tertiary/aromatic N) is 4. The van der Waals surface area contributed by atoms with Gasteiger partial charge in [0.25, 0.3) is 5.91 Å². The van der Waals surface area contributed by atoms with E-state index in [1.807, 2.05) is 49.0 Å². The van der Waals surface area contributed by atoms with E-state index in [2.05, 4.69) is 15.8 Å². The molecule has 45 heavy (non-hydrogen) atoms. The van der Waals surface area contributed by atoms with E-state index in [1.54, 1.807) is 50.9 Å². The van der Waals surface area contributed by atoms with E-state index in [0.717, 1.165) is 16.5 Å². The average Bonchev–Trinajstić information content (AvgIpc) is 3.51. The number of benzene rings is 2. The van der Waals surface area contributed by atoms with Gasteiger partial charge < -0.3 is 39.4 Å². The van der Waals surface area contributed by atoms with Gasteiger partial charge in [0, 0.05) is 49.3 Å². The third kappa shape index (κ3) is 6.65. The summed E-state index contributed by atoms with van der Waals surface area (Å²) >= 11 is 0. The third-order valence-corrected chi connectivity index (χ3v) is 8.34. The van der Waals surface area contributed by atoms with Crippen LogP contribution in [0.15, 0.2) is 53.2 Å². The molecule has 0 aliphatic carbocycles. The van der Waals surface area contributed by atoms with Crippen LogP contribution < -0.4 is 15.4 Å². The highest BCUT2D eigenvalue weighted by molar-refractivity contribution is 6.01. The van der Waals surface area contributed by atoms with Crippen molar-refractivity contribution in [2.24, 2.45) is 13.0 Å². The lowest BCUT2D eigenvalue weighted by Gasteiger charge is -2.38. The van der Waals surface area contributed by atoms with Gasteiger partial charge in [0.05, 0.1) is 31.2 Å². The van der Waals surface area contributed by atoms with Gasteiger partial charge in [-0.3, -0.25) is 9.59 Å². The van der Waals surface area contributed by atoms with Gasteiger partial charge >= 0.3 is 6.03 Å². The molecule has 1 aliphatic rings. The number of amides is 4. The van der Waals surface area contributed by atoms with E-state index < -0.39 is 12.1 Å². The SMILES string of the molecule is Cc1noc(C)c1NC(=O)N(C)C[C@H]1Oc2ccc(NC(=O)Cc3cn(C)c4ccccc34)cc2C(=O)N([C@H](C)CO)C[C@H]1C. The predicted molar refractivity (Wildman–Crippen MR) is 170 cm³/mol. The van der Waals surface area contributed by atoms with E-state index in [4.69, 9.17) is 9.26 Å². The van der Waals surface area contributed by atoms with Crippen molar-refractivity contribution >= 4 is 40.1 Å². The molecule has 0 bridgehead atoms. The highest BCUT2D eigenvalue weighted by Crippen LogP contribution is 2.31. The minimum Gasteiger partial charge on any atom is -0.487 e. The van der Waals surface area contributed by atoms with E-state index in [1.165, 1.54) is 4.90 Å². The molecule has 238 valence electrons. The Hall–Kier alpha value is -4.84. The fourth-order valence-electron chi connectivity index (χ4n) is 5.68. The summed E-state index contributed by atoms with van der Waals surface area (Å²) in [5.41, 5.74) is 3.75. The number of urea groups is 1. The number of hydrogen-bond donors (Lipinski definition) is 3. The highest BCUT2D eigenvalue weighted by atomic mass is 16.5. The first-order valence-electron chi connectivity index (χ1n) is 15.0.